The Balaban J connectivity index is 0.00000324. The maximum Gasteiger partial charge on any atom is 0.194 e. The zero-order valence-corrected chi connectivity index (χ0v) is 11.7. The summed E-state index contributed by atoms with van der Waals surface area (Å²) in [6, 6.07) is 0.719. The number of aliphatic hydroxyl groups is 1. The van der Waals surface area contributed by atoms with Crippen LogP contribution in [0.2, 0.25) is 0 Å². The molecule has 0 saturated carbocycles. The molecular weight excluding hydrogens is 279 g/mol. The lowest BCUT2D eigenvalue weighted by Gasteiger charge is -2.20. The van der Waals surface area contributed by atoms with Gasteiger partial charge < -0.3 is 10.8 Å². The molecule has 2 nitrogen and oxygen atoms in total. The normalized spacial score (nSPS) is 14.1. The van der Waals surface area contributed by atoms with E-state index < -0.39 is 29.6 Å². The van der Waals surface area contributed by atoms with Gasteiger partial charge in [0.1, 0.15) is 0 Å². The number of aliphatic hydroxyl groups excluding tert-OH is 1. The van der Waals surface area contributed by atoms with E-state index in [-0.39, 0.29) is 18.0 Å². The number of nitrogens with two attached hydrogens (primary N) is 1. The Morgan fingerprint density at radius 3 is 2.00 bits per heavy atom. The van der Waals surface area contributed by atoms with E-state index in [0.29, 0.717) is 12.3 Å². The van der Waals surface area contributed by atoms with Crippen LogP contribution < -0.4 is 5.73 Å². The van der Waals surface area contributed by atoms with Crippen LogP contribution in [0, 0.1) is 23.4 Å². The van der Waals surface area contributed by atoms with Gasteiger partial charge in [-0.15, -0.1) is 12.4 Å². The quantitative estimate of drug-likeness (QED) is 0.819. The average molecular weight is 298 g/mol. The standard InChI is InChI=1S/C13H18F3NO.ClH/c1-7(2)3-4-11(18)13(17)8-5-9(14)12(16)10(15)6-8;/h5-7,11,13,18H,3-4,17H2,1-2H3;1H/t11-,13+;/m0./s1. The summed E-state index contributed by atoms with van der Waals surface area (Å²) in [6.07, 6.45) is 0.275. The molecule has 0 amide bonds. The fourth-order valence-corrected chi connectivity index (χ4v) is 1.67. The highest BCUT2D eigenvalue weighted by molar-refractivity contribution is 5.85. The van der Waals surface area contributed by atoms with E-state index in [1.54, 1.807) is 0 Å². The molecule has 0 spiro atoms. The zero-order chi connectivity index (χ0) is 13.9. The molecule has 0 aliphatic heterocycles. The summed E-state index contributed by atoms with van der Waals surface area (Å²) in [7, 11) is 0. The minimum absolute atomic E-state index is 0. The fraction of sp³-hybridized carbons (Fsp3) is 0.538. The maximum atomic E-state index is 13.0. The van der Waals surface area contributed by atoms with Crippen molar-refractivity contribution in [3.05, 3.63) is 35.1 Å². The van der Waals surface area contributed by atoms with Gasteiger partial charge in [0, 0.05) is 0 Å². The second-order valence-corrected chi connectivity index (χ2v) is 4.86. The van der Waals surface area contributed by atoms with Crippen molar-refractivity contribution >= 4 is 12.4 Å². The third kappa shape index (κ3) is 5.01. The summed E-state index contributed by atoms with van der Waals surface area (Å²) in [4.78, 5) is 0. The van der Waals surface area contributed by atoms with E-state index in [1.807, 2.05) is 13.8 Å². The average Bonchev–Trinajstić information content (AvgIpc) is 2.31. The Morgan fingerprint density at radius 1 is 1.11 bits per heavy atom. The summed E-state index contributed by atoms with van der Waals surface area (Å²) in [5.74, 6) is -3.72. The van der Waals surface area contributed by atoms with Gasteiger partial charge in [0.2, 0.25) is 0 Å². The van der Waals surface area contributed by atoms with Crippen LogP contribution in [-0.2, 0) is 0 Å². The van der Waals surface area contributed by atoms with Crippen LogP contribution in [0.3, 0.4) is 0 Å². The lowest BCUT2D eigenvalue weighted by Crippen LogP contribution is -2.27. The van der Waals surface area contributed by atoms with Crippen molar-refractivity contribution in [1.29, 1.82) is 0 Å². The largest absolute Gasteiger partial charge is 0.391 e. The first-order valence-corrected chi connectivity index (χ1v) is 5.91. The van der Waals surface area contributed by atoms with E-state index in [2.05, 4.69) is 0 Å². The van der Waals surface area contributed by atoms with Crippen LogP contribution in [0.5, 0.6) is 0 Å². The van der Waals surface area contributed by atoms with Gasteiger partial charge in [-0.3, -0.25) is 0 Å². The van der Waals surface area contributed by atoms with Gasteiger partial charge in [0.05, 0.1) is 12.1 Å². The molecule has 0 unspecified atom stereocenters. The van der Waals surface area contributed by atoms with Crippen LogP contribution in [0.1, 0.15) is 38.3 Å². The molecule has 0 saturated heterocycles. The first-order chi connectivity index (χ1) is 8.32. The number of benzene rings is 1. The third-order valence-corrected chi connectivity index (χ3v) is 2.85. The smallest absolute Gasteiger partial charge is 0.194 e. The molecule has 2 atom stereocenters. The predicted octanol–water partition coefficient (Wildman–Crippen LogP) is 3.32. The molecule has 0 aromatic heterocycles. The molecule has 3 N–H and O–H groups in total. The molecule has 0 aliphatic rings. The molecule has 0 fully saturated rings. The SMILES string of the molecule is CC(C)CC[C@H](O)[C@H](N)c1cc(F)c(F)c(F)c1.Cl. The zero-order valence-electron chi connectivity index (χ0n) is 10.9. The Morgan fingerprint density at radius 2 is 1.58 bits per heavy atom. The molecule has 0 aliphatic carbocycles. The Bertz CT molecular complexity index is 392. The summed E-state index contributed by atoms with van der Waals surface area (Å²) >= 11 is 0. The van der Waals surface area contributed by atoms with Gasteiger partial charge in [0.15, 0.2) is 17.5 Å². The van der Waals surface area contributed by atoms with Crippen LogP contribution in [-0.4, -0.2) is 11.2 Å². The highest BCUT2D eigenvalue weighted by Crippen LogP contribution is 2.22. The maximum absolute atomic E-state index is 13.0. The van der Waals surface area contributed by atoms with Crippen LogP contribution in [0.15, 0.2) is 12.1 Å². The van der Waals surface area contributed by atoms with Crippen LogP contribution in [0.4, 0.5) is 13.2 Å². The van der Waals surface area contributed by atoms with E-state index in [9.17, 15) is 18.3 Å². The van der Waals surface area contributed by atoms with Crippen molar-refractivity contribution in [2.24, 2.45) is 11.7 Å². The van der Waals surface area contributed by atoms with Gasteiger partial charge >= 0.3 is 0 Å². The molecule has 19 heavy (non-hydrogen) atoms. The van der Waals surface area contributed by atoms with Crippen LogP contribution in [0.25, 0.3) is 0 Å². The topological polar surface area (TPSA) is 46.2 Å². The summed E-state index contributed by atoms with van der Waals surface area (Å²) < 4.78 is 38.8. The predicted molar refractivity (Wildman–Crippen MR) is 70.6 cm³/mol. The lowest BCUT2D eigenvalue weighted by atomic mass is 9.96. The molecule has 1 rings (SSSR count). The highest BCUT2D eigenvalue weighted by Gasteiger charge is 2.20. The molecular formula is C13H19ClF3NO. The minimum Gasteiger partial charge on any atom is -0.391 e. The molecule has 6 heteroatoms. The Hall–Kier alpha value is -0.780. The monoisotopic (exact) mass is 297 g/mol. The van der Waals surface area contributed by atoms with E-state index in [0.717, 1.165) is 18.6 Å². The van der Waals surface area contributed by atoms with Gasteiger partial charge in [-0.25, -0.2) is 13.2 Å². The Kier molecular flexibility index (Phi) is 7.41. The van der Waals surface area contributed by atoms with Crippen molar-refractivity contribution < 1.29 is 18.3 Å². The lowest BCUT2D eigenvalue weighted by molar-refractivity contribution is 0.128. The van der Waals surface area contributed by atoms with Crippen molar-refractivity contribution in [2.75, 3.05) is 0 Å². The molecule has 0 heterocycles. The van der Waals surface area contributed by atoms with Crippen molar-refractivity contribution in [3.8, 4) is 0 Å². The molecule has 0 radical (unpaired) electrons. The minimum atomic E-state index is -1.53. The summed E-state index contributed by atoms with van der Waals surface area (Å²) in [5, 5.41) is 9.81. The fourth-order valence-electron chi connectivity index (χ4n) is 1.67. The van der Waals surface area contributed by atoms with Gasteiger partial charge in [-0.1, -0.05) is 13.8 Å². The van der Waals surface area contributed by atoms with Crippen molar-refractivity contribution in [3.63, 3.8) is 0 Å². The first-order valence-electron chi connectivity index (χ1n) is 5.91. The van der Waals surface area contributed by atoms with Crippen LogP contribution >= 0.6 is 12.4 Å². The number of hydrogen-bond acceptors (Lipinski definition) is 2. The van der Waals surface area contributed by atoms with E-state index >= 15 is 0 Å². The number of halogens is 4. The highest BCUT2D eigenvalue weighted by atomic mass is 35.5. The van der Waals surface area contributed by atoms with E-state index in [4.69, 9.17) is 5.73 Å². The Labute approximate surface area is 117 Å². The molecule has 1 aromatic carbocycles. The van der Waals surface area contributed by atoms with Gasteiger partial charge in [-0.05, 0) is 36.5 Å². The summed E-state index contributed by atoms with van der Waals surface area (Å²) in [5.41, 5.74) is 5.76. The molecule has 1 aromatic rings. The number of hydrogen-bond donors (Lipinski definition) is 2. The molecule has 0 bridgehead atoms. The van der Waals surface area contributed by atoms with Crippen molar-refractivity contribution in [1.82, 2.24) is 0 Å². The second-order valence-electron chi connectivity index (χ2n) is 4.86. The third-order valence-electron chi connectivity index (χ3n) is 2.85. The molecule has 110 valence electrons. The van der Waals surface area contributed by atoms with Gasteiger partial charge in [-0.2, -0.15) is 0 Å². The summed E-state index contributed by atoms with van der Waals surface area (Å²) in [6.45, 7) is 3.99. The van der Waals surface area contributed by atoms with E-state index in [1.165, 1.54) is 0 Å². The first kappa shape index (κ1) is 18.2. The van der Waals surface area contributed by atoms with Gasteiger partial charge in [0.25, 0.3) is 0 Å². The number of rotatable bonds is 5. The van der Waals surface area contributed by atoms with Crippen molar-refractivity contribution in [2.45, 2.75) is 38.8 Å². The second kappa shape index (κ2) is 7.72.